The SMILES string of the molecule is Cc1cc(Cl)ccc1C(=O)NN. The van der Waals surface area contributed by atoms with Gasteiger partial charge in [0.25, 0.3) is 5.91 Å². The highest BCUT2D eigenvalue weighted by molar-refractivity contribution is 6.30. The van der Waals surface area contributed by atoms with Crippen LogP contribution in [0.4, 0.5) is 0 Å². The maximum Gasteiger partial charge on any atom is 0.265 e. The number of aryl methyl sites for hydroxylation is 1. The monoisotopic (exact) mass is 184 g/mol. The lowest BCUT2D eigenvalue weighted by Gasteiger charge is -2.03. The zero-order valence-corrected chi connectivity index (χ0v) is 7.35. The molecule has 0 aliphatic heterocycles. The van der Waals surface area contributed by atoms with E-state index in [4.69, 9.17) is 17.4 Å². The van der Waals surface area contributed by atoms with E-state index in [2.05, 4.69) is 5.43 Å². The fraction of sp³-hybridized carbons (Fsp3) is 0.125. The Bertz CT molecular complexity index is 312. The van der Waals surface area contributed by atoms with Crippen LogP contribution in [0.2, 0.25) is 5.02 Å². The van der Waals surface area contributed by atoms with Crippen molar-refractivity contribution in [1.29, 1.82) is 0 Å². The van der Waals surface area contributed by atoms with Gasteiger partial charge in [-0.05, 0) is 30.7 Å². The van der Waals surface area contributed by atoms with Gasteiger partial charge in [-0.3, -0.25) is 10.2 Å². The number of hydrogen-bond acceptors (Lipinski definition) is 2. The first-order valence-electron chi connectivity index (χ1n) is 3.42. The molecule has 4 heteroatoms. The molecule has 1 aromatic rings. The predicted octanol–water partition coefficient (Wildman–Crippen LogP) is 1.25. The van der Waals surface area contributed by atoms with Crippen LogP contribution in [0.25, 0.3) is 0 Å². The van der Waals surface area contributed by atoms with Crippen molar-refractivity contribution in [2.75, 3.05) is 0 Å². The van der Waals surface area contributed by atoms with Crippen LogP contribution in [-0.4, -0.2) is 5.91 Å². The minimum absolute atomic E-state index is 0.302. The number of hydrogen-bond donors (Lipinski definition) is 2. The van der Waals surface area contributed by atoms with Crippen molar-refractivity contribution in [3.63, 3.8) is 0 Å². The molecule has 12 heavy (non-hydrogen) atoms. The molecule has 0 aromatic heterocycles. The number of carbonyl (C=O) groups excluding carboxylic acids is 1. The van der Waals surface area contributed by atoms with Gasteiger partial charge in [0, 0.05) is 10.6 Å². The topological polar surface area (TPSA) is 55.1 Å². The van der Waals surface area contributed by atoms with Crippen LogP contribution >= 0.6 is 11.6 Å². The Morgan fingerprint density at radius 3 is 2.75 bits per heavy atom. The highest BCUT2D eigenvalue weighted by Gasteiger charge is 2.06. The molecule has 0 unspecified atom stereocenters. The second-order valence-electron chi connectivity index (χ2n) is 2.43. The van der Waals surface area contributed by atoms with E-state index in [9.17, 15) is 4.79 Å². The van der Waals surface area contributed by atoms with Crippen LogP contribution in [0.1, 0.15) is 15.9 Å². The summed E-state index contributed by atoms with van der Waals surface area (Å²) in [4.78, 5) is 11.1. The Balaban J connectivity index is 3.09. The largest absolute Gasteiger partial charge is 0.290 e. The Kier molecular flexibility index (Phi) is 2.68. The molecule has 0 aliphatic rings. The molecule has 3 nitrogen and oxygen atoms in total. The number of nitrogens with one attached hydrogen (secondary N) is 1. The molecule has 0 atom stereocenters. The number of nitrogen functional groups attached to an aromatic ring is 1. The number of rotatable bonds is 1. The normalized spacial score (nSPS) is 9.58. The quantitative estimate of drug-likeness (QED) is 0.392. The predicted molar refractivity (Wildman–Crippen MR) is 47.8 cm³/mol. The van der Waals surface area contributed by atoms with Crippen molar-refractivity contribution in [3.05, 3.63) is 34.3 Å². The third-order valence-corrected chi connectivity index (χ3v) is 1.80. The number of amides is 1. The van der Waals surface area contributed by atoms with Gasteiger partial charge in [0.15, 0.2) is 0 Å². The lowest BCUT2D eigenvalue weighted by molar-refractivity contribution is 0.0953. The second-order valence-corrected chi connectivity index (χ2v) is 2.87. The molecule has 3 N–H and O–H groups in total. The van der Waals surface area contributed by atoms with Crippen LogP contribution in [0.3, 0.4) is 0 Å². The van der Waals surface area contributed by atoms with Crippen molar-refractivity contribution in [3.8, 4) is 0 Å². The number of halogens is 1. The van der Waals surface area contributed by atoms with Crippen molar-refractivity contribution in [1.82, 2.24) is 5.43 Å². The molecule has 1 aromatic carbocycles. The molecule has 0 radical (unpaired) electrons. The van der Waals surface area contributed by atoms with Crippen molar-refractivity contribution >= 4 is 17.5 Å². The van der Waals surface area contributed by atoms with Gasteiger partial charge in [0.05, 0.1) is 0 Å². The van der Waals surface area contributed by atoms with Gasteiger partial charge in [-0.2, -0.15) is 0 Å². The van der Waals surface area contributed by atoms with Crippen LogP contribution < -0.4 is 11.3 Å². The maximum absolute atomic E-state index is 11.1. The van der Waals surface area contributed by atoms with Gasteiger partial charge in [-0.25, -0.2) is 5.84 Å². The van der Waals surface area contributed by atoms with Crippen LogP contribution in [0, 0.1) is 6.92 Å². The molecule has 64 valence electrons. The summed E-state index contributed by atoms with van der Waals surface area (Å²) >= 11 is 5.70. The molecule has 1 amide bonds. The Morgan fingerprint density at radius 1 is 1.58 bits per heavy atom. The summed E-state index contributed by atoms with van der Waals surface area (Å²) in [5.74, 6) is 4.68. The highest BCUT2D eigenvalue weighted by Crippen LogP contribution is 2.14. The fourth-order valence-electron chi connectivity index (χ4n) is 0.960. The summed E-state index contributed by atoms with van der Waals surface area (Å²) in [7, 11) is 0. The summed E-state index contributed by atoms with van der Waals surface area (Å²) in [6.07, 6.45) is 0. The Hall–Kier alpha value is -1.06. The molecule has 0 saturated carbocycles. The number of nitrogens with two attached hydrogens (primary N) is 1. The summed E-state index contributed by atoms with van der Waals surface area (Å²) in [5, 5.41) is 0.612. The maximum atomic E-state index is 11.1. The first-order chi connectivity index (χ1) is 5.65. The molecule has 1 rings (SSSR count). The van der Waals surface area contributed by atoms with E-state index in [1.165, 1.54) is 0 Å². The van der Waals surface area contributed by atoms with Gasteiger partial charge < -0.3 is 0 Å². The van der Waals surface area contributed by atoms with Gasteiger partial charge in [0.2, 0.25) is 0 Å². The fourth-order valence-corrected chi connectivity index (χ4v) is 1.19. The Labute approximate surface area is 75.5 Å². The van der Waals surface area contributed by atoms with E-state index >= 15 is 0 Å². The zero-order chi connectivity index (χ0) is 9.14. The standard InChI is InChI=1S/C8H9ClN2O/c1-5-4-6(9)2-3-7(5)8(12)11-10/h2-4H,10H2,1H3,(H,11,12). The minimum Gasteiger partial charge on any atom is -0.290 e. The average Bonchev–Trinajstić information content (AvgIpc) is 2.03. The zero-order valence-electron chi connectivity index (χ0n) is 6.60. The van der Waals surface area contributed by atoms with E-state index in [0.29, 0.717) is 10.6 Å². The van der Waals surface area contributed by atoms with E-state index in [1.807, 2.05) is 0 Å². The van der Waals surface area contributed by atoms with Gasteiger partial charge in [-0.15, -0.1) is 0 Å². The first-order valence-corrected chi connectivity index (χ1v) is 3.80. The molecule has 0 aliphatic carbocycles. The number of carbonyl (C=O) groups is 1. The lowest BCUT2D eigenvalue weighted by Crippen LogP contribution is -2.30. The average molecular weight is 185 g/mol. The summed E-state index contributed by atoms with van der Waals surface area (Å²) in [6.45, 7) is 1.80. The number of hydrazine groups is 1. The molecule has 0 heterocycles. The summed E-state index contributed by atoms with van der Waals surface area (Å²) in [5.41, 5.74) is 3.41. The number of benzene rings is 1. The third kappa shape index (κ3) is 1.75. The molecular weight excluding hydrogens is 176 g/mol. The third-order valence-electron chi connectivity index (χ3n) is 1.56. The van der Waals surface area contributed by atoms with Crippen molar-refractivity contribution in [2.24, 2.45) is 5.84 Å². The van der Waals surface area contributed by atoms with Gasteiger partial charge in [-0.1, -0.05) is 11.6 Å². The van der Waals surface area contributed by atoms with Gasteiger partial charge >= 0.3 is 0 Å². The second kappa shape index (κ2) is 3.56. The van der Waals surface area contributed by atoms with Crippen LogP contribution in [0.15, 0.2) is 18.2 Å². The van der Waals surface area contributed by atoms with Gasteiger partial charge in [0.1, 0.15) is 0 Å². The van der Waals surface area contributed by atoms with Crippen LogP contribution in [-0.2, 0) is 0 Å². The van der Waals surface area contributed by atoms with Crippen molar-refractivity contribution in [2.45, 2.75) is 6.92 Å². The van der Waals surface area contributed by atoms with E-state index in [1.54, 1.807) is 25.1 Å². The van der Waals surface area contributed by atoms with Crippen LogP contribution in [0.5, 0.6) is 0 Å². The van der Waals surface area contributed by atoms with Crippen molar-refractivity contribution < 1.29 is 4.79 Å². The minimum atomic E-state index is -0.302. The van der Waals surface area contributed by atoms with E-state index in [0.717, 1.165) is 5.56 Å². The molecule has 0 spiro atoms. The van der Waals surface area contributed by atoms with E-state index in [-0.39, 0.29) is 5.91 Å². The lowest BCUT2D eigenvalue weighted by atomic mass is 10.1. The molecule has 0 saturated heterocycles. The molecular formula is C8H9ClN2O. The Morgan fingerprint density at radius 2 is 2.25 bits per heavy atom. The summed E-state index contributed by atoms with van der Waals surface area (Å²) in [6, 6.07) is 5.01. The highest BCUT2D eigenvalue weighted by atomic mass is 35.5. The molecule has 0 bridgehead atoms. The van der Waals surface area contributed by atoms with E-state index < -0.39 is 0 Å². The molecule has 0 fully saturated rings. The first kappa shape index (κ1) is 9.03. The smallest absolute Gasteiger partial charge is 0.265 e. The summed E-state index contributed by atoms with van der Waals surface area (Å²) < 4.78 is 0.